The summed E-state index contributed by atoms with van der Waals surface area (Å²) in [4.78, 5) is 23.4. The van der Waals surface area contributed by atoms with Gasteiger partial charge in [0.25, 0.3) is 0 Å². The van der Waals surface area contributed by atoms with Gasteiger partial charge in [0, 0.05) is 6.07 Å². The molecular formula is C22H15O7-. The molecule has 7 nitrogen and oxygen atoms in total. The van der Waals surface area contributed by atoms with Crippen LogP contribution in [0.1, 0.15) is 21.9 Å². The molecule has 0 saturated heterocycles. The van der Waals surface area contributed by atoms with Crippen molar-refractivity contribution in [3.63, 3.8) is 0 Å². The first-order valence-corrected chi connectivity index (χ1v) is 8.73. The number of furan rings is 1. The topological polar surface area (TPSA) is 102 Å². The molecule has 0 unspecified atom stereocenters. The fraction of sp³-hybridized carbons (Fsp3) is 0.0909. The fourth-order valence-corrected chi connectivity index (χ4v) is 2.76. The van der Waals surface area contributed by atoms with Gasteiger partial charge in [0.15, 0.2) is 0 Å². The maximum Gasteiger partial charge on any atom is 0.235 e. The van der Waals surface area contributed by atoms with E-state index in [1.807, 2.05) is 25.1 Å². The zero-order valence-electron chi connectivity index (χ0n) is 15.3. The summed E-state index contributed by atoms with van der Waals surface area (Å²) in [6.45, 7) is 1.90. The molecule has 146 valence electrons. The molecule has 4 aromatic rings. The summed E-state index contributed by atoms with van der Waals surface area (Å²) in [5.74, 6) is -0.242. The number of carboxylic acid groups (broad SMARTS) is 1. The molecule has 0 saturated carbocycles. The minimum atomic E-state index is -1.40. The number of hydrogen-bond donors (Lipinski definition) is 0. The Morgan fingerprint density at radius 2 is 1.90 bits per heavy atom. The average Bonchev–Trinajstić information content (AvgIpc) is 3.19. The molecule has 0 atom stereocenters. The van der Waals surface area contributed by atoms with Crippen molar-refractivity contribution >= 4 is 16.9 Å². The smallest absolute Gasteiger partial charge is 0.235 e. The second-order valence-electron chi connectivity index (χ2n) is 6.30. The van der Waals surface area contributed by atoms with Gasteiger partial charge in [-0.1, -0.05) is 18.2 Å². The van der Waals surface area contributed by atoms with Gasteiger partial charge in [-0.25, -0.2) is 0 Å². The Morgan fingerprint density at radius 3 is 2.66 bits per heavy atom. The van der Waals surface area contributed by atoms with E-state index in [-0.39, 0.29) is 23.5 Å². The van der Waals surface area contributed by atoms with Crippen LogP contribution in [0.2, 0.25) is 0 Å². The van der Waals surface area contributed by atoms with E-state index in [2.05, 4.69) is 0 Å². The lowest BCUT2D eigenvalue weighted by molar-refractivity contribution is -0.257. The van der Waals surface area contributed by atoms with Crippen LogP contribution in [0.25, 0.3) is 11.0 Å². The highest BCUT2D eigenvalue weighted by molar-refractivity contribution is 5.82. The number of para-hydroxylation sites is 1. The standard InChI is InChI=1S/C22H16O7/c1-13-4-2-3-5-17(13)29-20-12-27-19-10-14(6-8-16(19)21(20)23)26-11-15-7-9-18(28-15)22(24)25/h2-10,12H,11H2,1H3,(H,24,25)/p-1. The minimum Gasteiger partial charge on any atom is -0.542 e. The van der Waals surface area contributed by atoms with Gasteiger partial charge in [-0.2, -0.15) is 0 Å². The molecule has 0 N–H and O–H groups in total. The number of ether oxygens (including phenoxy) is 2. The summed E-state index contributed by atoms with van der Waals surface area (Å²) < 4.78 is 21.9. The molecule has 0 radical (unpaired) electrons. The number of benzene rings is 2. The second-order valence-corrected chi connectivity index (χ2v) is 6.30. The molecule has 0 fully saturated rings. The van der Waals surface area contributed by atoms with Crippen LogP contribution < -0.4 is 20.0 Å². The number of fused-ring (bicyclic) bond motifs is 1. The lowest BCUT2D eigenvalue weighted by Crippen LogP contribution is -2.21. The molecular weight excluding hydrogens is 376 g/mol. The van der Waals surface area contributed by atoms with Crippen molar-refractivity contribution in [3.8, 4) is 17.2 Å². The molecule has 2 aromatic carbocycles. The van der Waals surface area contributed by atoms with E-state index in [4.69, 9.17) is 18.3 Å². The highest BCUT2D eigenvalue weighted by Gasteiger charge is 2.12. The predicted octanol–water partition coefficient (Wildman–Crippen LogP) is 3.43. The van der Waals surface area contributed by atoms with E-state index in [0.717, 1.165) is 5.56 Å². The third-order valence-electron chi connectivity index (χ3n) is 4.27. The van der Waals surface area contributed by atoms with Gasteiger partial charge in [-0.05, 0) is 42.8 Å². The molecule has 4 rings (SSSR count). The number of hydrogen-bond acceptors (Lipinski definition) is 7. The SMILES string of the molecule is Cc1ccccc1Oc1coc2cc(OCc3ccc(C(=O)[O-])o3)ccc2c1=O. The monoisotopic (exact) mass is 391 g/mol. The summed E-state index contributed by atoms with van der Waals surface area (Å²) in [5, 5.41) is 11.1. The van der Waals surface area contributed by atoms with E-state index < -0.39 is 5.97 Å². The predicted molar refractivity (Wildman–Crippen MR) is 101 cm³/mol. The zero-order valence-corrected chi connectivity index (χ0v) is 15.3. The van der Waals surface area contributed by atoms with Crippen LogP contribution in [0.3, 0.4) is 0 Å². The van der Waals surface area contributed by atoms with Crippen LogP contribution in [0.4, 0.5) is 0 Å². The van der Waals surface area contributed by atoms with E-state index in [1.54, 1.807) is 24.3 Å². The Kier molecular flexibility index (Phi) is 4.78. The van der Waals surface area contributed by atoms with E-state index >= 15 is 0 Å². The van der Waals surface area contributed by atoms with Crippen molar-refractivity contribution in [2.45, 2.75) is 13.5 Å². The van der Waals surface area contributed by atoms with Crippen LogP contribution in [0.5, 0.6) is 17.2 Å². The Bertz CT molecular complexity index is 1250. The third kappa shape index (κ3) is 3.84. The molecule has 0 aliphatic carbocycles. The van der Waals surface area contributed by atoms with E-state index in [0.29, 0.717) is 28.2 Å². The fourth-order valence-electron chi connectivity index (χ4n) is 2.76. The average molecular weight is 391 g/mol. The highest BCUT2D eigenvalue weighted by Crippen LogP contribution is 2.26. The summed E-state index contributed by atoms with van der Waals surface area (Å²) in [6.07, 6.45) is 1.26. The van der Waals surface area contributed by atoms with Crippen molar-refractivity contribution in [1.82, 2.24) is 0 Å². The maximum atomic E-state index is 12.7. The Labute approximate surface area is 164 Å². The van der Waals surface area contributed by atoms with Crippen LogP contribution >= 0.6 is 0 Å². The van der Waals surface area contributed by atoms with Crippen molar-refractivity contribution in [2.75, 3.05) is 0 Å². The van der Waals surface area contributed by atoms with E-state index in [9.17, 15) is 14.7 Å². The lowest BCUT2D eigenvalue weighted by atomic mass is 10.2. The van der Waals surface area contributed by atoms with Gasteiger partial charge in [0.05, 0.1) is 5.39 Å². The lowest BCUT2D eigenvalue weighted by Gasteiger charge is -2.09. The molecule has 0 aliphatic rings. The molecule has 0 spiro atoms. The number of rotatable bonds is 6. The van der Waals surface area contributed by atoms with Gasteiger partial charge in [0.1, 0.15) is 47.4 Å². The summed E-state index contributed by atoms with van der Waals surface area (Å²) in [6, 6.07) is 14.9. The van der Waals surface area contributed by atoms with Gasteiger partial charge >= 0.3 is 0 Å². The van der Waals surface area contributed by atoms with Crippen molar-refractivity contribution in [1.29, 1.82) is 0 Å². The Morgan fingerprint density at radius 1 is 1.07 bits per heavy atom. The number of aryl methyl sites for hydroxylation is 1. The van der Waals surface area contributed by atoms with Crippen molar-refractivity contribution < 1.29 is 28.2 Å². The Balaban J connectivity index is 1.54. The third-order valence-corrected chi connectivity index (χ3v) is 4.27. The van der Waals surface area contributed by atoms with Crippen LogP contribution in [-0.4, -0.2) is 5.97 Å². The normalized spacial score (nSPS) is 10.8. The van der Waals surface area contributed by atoms with Crippen LogP contribution in [-0.2, 0) is 6.61 Å². The van der Waals surface area contributed by atoms with Crippen molar-refractivity contribution in [3.05, 3.63) is 88.2 Å². The molecule has 0 bridgehead atoms. The zero-order chi connectivity index (χ0) is 20.4. The molecule has 0 amide bonds. The largest absolute Gasteiger partial charge is 0.542 e. The van der Waals surface area contributed by atoms with E-state index in [1.165, 1.54) is 18.4 Å². The Hall–Kier alpha value is -4.00. The quantitative estimate of drug-likeness (QED) is 0.496. The second kappa shape index (κ2) is 7.55. The number of carbonyl (C=O) groups is 1. The molecule has 7 heteroatoms. The minimum absolute atomic E-state index is 0.0114. The molecule has 2 aromatic heterocycles. The van der Waals surface area contributed by atoms with Gasteiger partial charge < -0.3 is 28.2 Å². The highest BCUT2D eigenvalue weighted by atomic mass is 16.5. The first-order chi connectivity index (χ1) is 14.0. The molecule has 29 heavy (non-hydrogen) atoms. The van der Waals surface area contributed by atoms with Crippen LogP contribution in [0, 0.1) is 6.92 Å². The van der Waals surface area contributed by atoms with Gasteiger partial charge in [-0.3, -0.25) is 4.79 Å². The summed E-state index contributed by atoms with van der Waals surface area (Å²) in [7, 11) is 0. The number of carboxylic acids is 1. The molecule has 0 aliphatic heterocycles. The first kappa shape index (κ1) is 18.4. The number of carbonyl (C=O) groups excluding carboxylic acids is 1. The van der Waals surface area contributed by atoms with Gasteiger partial charge in [0.2, 0.25) is 11.2 Å². The summed E-state index contributed by atoms with van der Waals surface area (Å²) in [5.41, 5.74) is 0.931. The number of aromatic carboxylic acids is 1. The molecule has 2 heterocycles. The van der Waals surface area contributed by atoms with Gasteiger partial charge in [-0.15, -0.1) is 0 Å². The maximum absolute atomic E-state index is 12.7. The van der Waals surface area contributed by atoms with Crippen LogP contribution in [0.15, 0.2) is 74.5 Å². The first-order valence-electron chi connectivity index (χ1n) is 8.73. The van der Waals surface area contributed by atoms with Crippen molar-refractivity contribution in [2.24, 2.45) is 0 Å². The summed E-state index contributed by atoms with van der Waals surface area (Å²) >= 11 is 0.